The van der Waals surface area contributed by atoms with E-state index in [0.717, 1.165) is 0 Å². The number of hydrazine groups is 1. The zero-order chi connectivity index (χ0) is 19.3. The number of carbonyl (C=O) groups is 1. The molecule has 1 aliphatic heterocycles. The molecule has 0 unspecified atom stereocenters. The van der Waals surface area contributed by atoms with E-state index in [1.54, 1.807) is 0 Å². The van der Waals surface area contributed by atoms with Gasteiger partial charge in [0.05, 0.1) is 22.5 Å². The third-order valence-corrected chi connectivity index (χ3v) is 3.56. The largest absolute Gasteiger partial charge is 0.416 e. The van der Waals surface area contributed by atoms with Gasteiger partial charge in [0.1, 0.15) is 5.69 Å². The predicted octanol–water partition coefficient (Wildman–Crippen LogP) is 4.89. The van der Waals surface area contributed by atoms with E-state index in [1.807, 2.05) is 0 Å². The summed E-state index contributed by atoms with van der Waals surface area (Å²) in [6, 6.07) is 5.19. The first-order valence-corrected chi connectivity index (χ1v) is 6.97. The van der Waals surface area contributed by atoms with E-state index in [2.05, 4.69) is 5.32 Å². The molecule has 0 saturated heterocycles. The second-order valence-electron chi connectivity index (χ2n) is 5.31. The minimum atomic E-state index is -5.08. The number of rotatable bonds is 1. The second kappa shape index (κ2) is 5.80. The molecule has 0 radical (unpaired) electrons. The summed E-state index contributed by atoms with van der Waals surface area (Å²) in [6.45, 7) is 0. The van der Waals surface area contributed by atoms with E-state index in [-0.39, 0.29) is 27.6 Å². The first-order chi connectivity index (χ1) is 12.0. The molecule has 3 rings (SSSR count). The van der Waals surface area contributed by atoms with Gasteiger partial charge in [-0.3, -0.25) is 5.21 Å². The molecule has 1 heterocycles. The molecule has 138 valence electrons. The average molecular weight is 377 g/mol. The predicted molar refractivity (Wildman–Crippen MR) is 78.7 cm³/mol. The Morgan fingerprint density at radius 2 is 1.42 bits per heavy atom. The van der Waals surface area contributed by atoms with Gasteiger partial charge in [-0.25, -0.2) is 4.79 Å². The van der Waals surface area contributed by atoms with Crippen molar-refractivity contribution in [2.75, 3.05) is 15.5 Å². The number of nitrogens with zero attached hydrogens (tertiary/aromatic N) is 2. The summed E-state index contributed by atoms with van der Waals surface area (Å²) in [5.41, 5.74) is -3.91. The quantitative estimate of drug-likeness (QED) is 0.696. The van der Waals surface area contributed by atoms with Crippen LogP contribution in [-0.2, 0) is 12.4 Å². The van der Waals surface area contributed by atoms with Crippen molar-refractivity contribution < 1.29 is 36.3 Å². The zero-order valence-electron chi connectivity index (χ0n) is 12.6. The van der Waals surface area contributed by atoms with Crippen LogP contribution in [-0.4, -0.2) is 11.2 Å². The highest BCUT2D eigenvalue weighted by Gasteiger charge is 2.39. The number of benzene rings is 2. The fraction of sp³-hybridized carbons (Fsp3) is 0.133. The highest BCUT2D eigenvalue weighted by molar-refractivity contribution is 6.08. The number of nitrogens with one attached hydrogen (secondary N) is 1. The Kier molecular flexibility index (Phi) is 3.98. The molecule has 0 bridgehead atoms. The minimum Gasteiger partial charge on any atom is -0.304 e. The van der Waals surface area contributed by atoms with Gasteiger partial charge in [0.25, 0.3) is 0 Å². The number of urea groups is 1. The lowest BCUT2D eigenvalue weighted by atomic mass is 10.1. The number of amides is 2. The Morgan fingerprint density at radius 1 is 0.885 bits per heavy atom. The van der Waals surface area contributed by atoms with Gasteiger partial charge in [0.2, 0.25) is 0 Å². The van der Waals surface area contributed by atoms with E-state index in [1.165, 1.54) is 24.3 Å². The van der Waals surface area contributed by atoms with Gasteiger partial charge < -0.3 is 5.32 Å². The Hall–Kier alpha value is -2.95. The molecule has 26 heavy (non-hydrogen) atoms. The highest BCUT2D eigenvalue weighted by Crippen LogP contribution is 2.40. The number of hydrogen-bond donors (Lipinski definition) is 2. The molecule has 0 aromatic heterocycles. The van der Waals surface area contributed by atoms with Gasteiger partial charge >= 0.3 is 18.4 Å². The molecule has 2 aromatic carbocycles. The number of hydrogen-bond acceptors (Lipinski definition) is 3. The summed E-state index contributed by atoms with van der Waals surface area (Å²) in [5, 5.41) is 12.9. The molecular weight excluding hydrogens is 368 g/mol. The summed E-state index contributed by atoms with van der Waals surface area (Å²) in [7, 11) is 0. The van der Waals surface area contributed by atoms with Crippen molar-refractivity contribution >= 4 is 23.1 Å². The van der Waals surface area contributed by atoms with E-state index in [9.17, 15) is 36.3 Å². The van der Waals surface area contributed by atoms with Crippen LogP contribution in [0.5, 0.6) is 0 Å². The van der Waals surface area contributed by atoms with Crippen LogP contribution in [0.1, 0.15) is 11.1 Å². The molecule has 1 aliphatic rings. The average Bonchev–Trinajstić information content (AvgIpc) is 2.53. The Balaban J connectivity index is 2.15. The summed E-state index contributed by atoms with van der Waals surface area (Å²) in [4.78, 5) is 12.1. The number of carbonyl (C=O) groups excluding carboxylic acids is 1. The number of halogens is 6. The van der Waals surface area contributed by atoms with Crippen molar-refractivity contribution in [1.82, 2.24) is 0 Å². The molecule has 0 aliphatic carbocycles. The van der Waals surface area contributed by atoms with E-state index >= 15 is 0 Å². The van der Waals surface area contributed by atoms with Crippen molar-refractivity contribution in [2.24, 2.45) is 0 Å². The van der Waals surface area contributed by atoms with Crippen LogP contribution in [0, 0.1) is 0 Å². The van der Waals surface area contributed by atoms with E-state index in [4.69, 9.17) is 0 Å². The van der Waals surface area contributed by atoms with Gasteiger partial charge in [-0.2, -0.15) is 36.5 Å². The fourth-order valence-electron chi connectivity index (χ4n) is 2.40. The van der Waals surface area contributed by atoms with E-state index in [0.29, 0.717) is 12.1 Å². The summed E-state index contributed by atoms with van der Waals surface area (Å²) in [5.74, 6) is 0. The molecule has 2 amide bonds. The lowest BCUT2D eigenvalue weighted by molar-refractivity contribution is -0.143. The molecular formula is C15H9F6N3O2. The van der Waals surface area contributed by atoms with Crippen molar-refractivity contribution in [3.63, 3.8) is 0 Å². The molecule has 0 spiro atoms. The van der Waals surface area contributed by atoms with Crippen molar-refractivity contribution in [2.45, 2.75) is 12.4 Å². The highest BCUT2D eigenvalue weighted by atomic mass is 19.4. The third kappa shape index (κ3) is 3.12. The smallest absolute Gasteiger partial charge is 0.304 e. The fourth-order valence-corrected chi connectivity index (χ4v) is 2.40. The van der Waals surface area contributed by atoms with Crippen LogP contribution >= 0.6 is 0 Å². The zero-order valence-corrected chi connectivity index (χ0v) is 12.6. The standard InChI is InChI=1S/C15H9F6N3O2/c16-14(17,18)8-5-9(15(19,20)21)7-10(6-8)23-13(25)22-11-3-1-2-4-12(11)24(23)26/h1-7,26H,(H,22,25). The summed E-state index contributed by atoms with van der Waals surface area (Å²) in [6.07, 6.45) is -10.2. The lowest BCUT2D eigenvalue weighted by Gasteiger charge is -2.36. The summed E-state index contributed by atoms with van der Waals surface area (Å²) < 4.78 is 77.8. The van der Waals surface area contributed by atoms with Crippen molar-refractivity contribution in [3.8, 4) is 0 Å². The molecule has 5 nitrogen and oxygen atoms in total. The van der Waals surface area contributed by atoms with Crippen LogP contribution in [0.15, 0.2) is 42.5 Å². The lowest BCUT2D eigenvalue weighted by Crippen LogP contribution is -2.51. The first-order valence-electron chi connectivity index (χ1n) is 6.97. The van der Waals surface area contributed by atoms with Crippen molar-refractivity contribution in [3.05, 3.63) is 53.6 Å². The first kappa shape index (κ1) is 17.9. The molecule has 2 N–H and O–H groups in total. The molecule has 0 saturated carbocycles. The SMILES string of the molecule is O=C1Nc2ccccc2N(O)N1c1cc(C(F)(F)F)cc(C(F)(F)F)c1. The minimum absolute atomic E-state index is 0.0296. The molecule has 11 heteroatoms. The van der Waals surface area contributed by atoms with Gasteiger partial charge in [-0.05, 0) is 30.3 Å². The van der Waals surface area contributed by atoms with Gasteiger partial charge in [-0.1, -0.05) is 12.1 Å². The topological polar surface area (TPSA) is 55.8 Å². The van der Waals surface area contributed by atoms with Crippen LogP contribution in [0.4, 0.5) is 48.2 Å². The summed E-state index contributed by atoms with van der Waals surface area (Å²) >= 11 is 0. The second-order valence-corrected chi connectivity index (χ2v) is 5.31. The Morgan fingerprint density at radius 3 is 1.96 bits per heavy atom. The van der Waals surface area contributed by atoms with Gasteiger partial charge in [-0.15, -0.1) is 0 Å². The van der Waals surface area contributed by atoms with Crippen LogP contribution < -0.4 is 15.5 Å². The number of anilines is 3. The Bertz CT molecular complexity index is 833. The van der Waals surface area contributed by atoms with Crippen LogP contribution in [0.3, 0.4) is 0 Å². The Labute approximate surface area is 142 Å². The number of para-hydroxylation sites is 2. The van der Waals surface area contributed by atoms with Crippen molar-refractivity contribution in [1.29, 1.82) is 0 Å². The van der Waals surface area contributed by atoms with Crippen LogP contribution in [0.25, 0.3) is 0 Å². The molecule has 0 fully saturated rings. The monoisotopic (exact) mass is 377 g/mol. The number of alkyl halides is 6. The number of fused-ring (bicyclic) bond motifs is 1. The van der Waals surface area contributed by atoms with Gasteiger partial charge in [0.15, 0.2) is 0 Å². The third-order valence-electron chi connectivity index (χ3n) is 3.56. The molecule has 2 aromatic rings. The normalized spacial score (nSPS) is 15.0. The molecule has 0 atom stereocenters. The maximum atomic E-state index is 13.0. The van der Waals surface area contributed by atoms with Gasteiger partial charge in [0, 0.05) is 0 Å². The maximum absolute atomic E-state index is 13.0. The maximum Gasteiger partial charge on any atom is 0.416 e. The van der Waals surface area contributed by atoms with Crippen LogP contribution in [0.2, 0.25) is 0 Å². The van der Waals surface area contributed by atoms with E-state index < -0.39 is 35.2 Å².